The maximum absolute atomic E-state index is 13.8. The summed E-state index contributed by atoms with van der Waals surface area (Å²) in [5.74, 6) is 0.379. The molecule has 4 aromatic carbocycles. The number of aromatic nitrogens is 2. The number of benzene rings is 4. The maximum atomic E-state index is 13.8. The van der Waals surface area contributed by atoms with Gasteiger partial charge < -0.3 is 0 Å². The molecule has 1 aliphatic carbocycles. The van der Waals surface area contributed by atoms with Crippen LogP contribution in [0.4, 0.5) is 16.2 Å². The van der Waals surface area contributed by atoms with Gasteiger partial charge in [-0.3, -0.25) is 0 Å². The van der Waals surface area contributed by atoms with E-state index in [1.807, 2.05) is 77.7 Å². The van der Waals surface area contributed by atoms with Gasteiger partial charge >= 0.3 is 248 Å². The number of allylic oxidation sites excluding steroid dienone is 3. The molecule has 6 nitrogen and oxygen atoms in total. The summed E-state index contributed by atoms with van der Waals surface area (Å²) in [6.45, 7) is 7.67. The molecule has 42 heavy (non-hydrogen) atoms. The zero-order valence-electron chi connectivity index (χ0n) is 22.0. The van der Waals surface area contributed by atoms with Gasteiger partial charge in [0.05, 0.1) is 0 Å². The van der Waals surface area contributed by atoms with Crippen LogP contribution in [0.2, 0.25) is 0 Å². The molecule has 2 heterocycles. The van der Waals surface area contributed by atoms with Crippen molar-refractivity contribution in [2.24, 2.45) is 0 Å². The molecule has 0 spiro atoms. The summed E-state index contributed by atoms with van der Waals surface area (Å²) < 4.78 is 1.94. The van der Waals surface area contributed by atoms with Crippen LogP contribution in [0.5, 0.6) is 0 Å². The zero-order chi connectivity index (χ0) is 28.6. The van der Waals surface area contributed by atoms with Crippen LogP contribution in [0, 0.1) is 17.9 Å². The Labute approximate surface area is 247 Å². The number of nitriles is 1. The van der Waals surface area contributed by atoms with Crippen molar-refractivity contribution in [3.8, 4) is 6.07 Å². The molecule has 0 radical (unpaired) electrons. The molecule has 0 saturated carbocycles. The Hall–Kier alpha value is -5.59. The van der Waals surface area contributed by atoms with E-state index in [0.717, 1.165) is 36.2 Å². The van der Waals surface area contributed by atoms with E-state index in [9.17, 15) is 10.1 Å². The van der Waals surface area contributed by atoms with Gasteiger partial charge in [0.15, 0.2) is 0 Å². The Morgan fingerprint density at radius 3 is 2.19 bits per heavy atom. The third-order valence-corrected chi connectivity index (χ3v) is 9.37. The molecule has 2 aromatic heterocycles. The van der Waals surface area contributed by atoms with Crippen LogP contribution < -0.4 is 4.90 Å². The monoisotopic (exact) mass is 605 g/mol. The second kappa shape index (κ2) is 10.4. The first-order valence-electron chi connectivity index (χ1n) is 13.1. The molecule has 0 aliphatic heterocycles. The van der Waals surface area contributed by atoms with Crippen molar-refractivity contribution in [3.63, 3.8) is 0 Å². The molecule has 7 rings (SSSR count). The van der Waals surface area contributed by atoms with E-state index in [2.05, 4.69) is 45.1 Å². The minimum atomic E-state index is -0.215. The van der Waals surface area contributed by atoms with E-state index >= 15 is 0 Å². The Kier molecular flexibility index (Phi) is 6.30. The summed E-state index contributed by atoms with van der Waals surface area (Å²) in [5.41, 5.74) is 2.78. The molecule has 7 heteroatoms. The van der Waals surface area contributed by atoms with Crippen LogP contribution in [0.1, 0.15) is 20.4 Å². The van der Waals surface area contributed by atoms with Crippen LogP contribution in [0.15, 0.2) is 121 Å². The third kappa shape index (κ3) is 4.31. The second-order valence-corrected chi connectivity index (χ2v) is 12.0. The number of carbonyl (C=O) groups is 1. The van der Waals surface area contributed by atoms with Gasteiger partial charge in [0, 0.05) is 0 Å². The Balaban J connectivity index is 1.36. The van der Waals surface area contributed by atoms with Gasteiger partial charge in [-0.1, -0.05) is 0 Å². The first-order chi connectivity index (χ1) is 20.6. The van der Waals surface area contributed by atoms with E-state index in [1.165, 1.54) is 0 Å². The molecular weight excluding hydrogens is 585 g/mol. The van der Waals surface area contributed by atoms with Crippen LogP contribution in [-0.4, -0.2) is 30.3 Å². The third-order valence-electron chi connectivity index (χ3n) is 7.23. The normalized spacial score (nSPS) is 14.5. The fourth-order valence-electron chi connectivity index (χ4n) is 5.31. The fraction of sp³-hybridized carbons (Fsp3) is 0. The zero-order valence-corrected chi connectivity index (χ0v) is 23.7. The molecule has 0 saturated heterocycles. The Morgan fingerprint density at radius 1 is 0.833 bits per heavy atom. The molecule has 196 valence electrons. The van der Waals surface area contributed by atoms with Crippen molar-refractivity contribution in [2.45, 2.75) is 0 Å². The molecule has 0 amide bonds. The van der Waals surface area contributed by atoms with Crippen LogP contribution in [0.3, 0.4) is 0 Å². The molecule has 0 fully saturated rings. The molecule has 1 aliphatic rings. The van der Waals surface area contributed by atoms with Gasteiger partial charge in [-0.15, -0.1) is 0 Å². The van der Waals surface area contributed by atoms with Crippen molar-refractivity contribution in [2.75, 3.05) is 4.90 Å². The van der Waals surface area contributed by atoms with Crippen LogP contribution >= 0.6 is 0 Å². The summed E-state index contributed by atoms with van der Waals surface area (Å²) in [7, 11) is 0. The number of fused-ring (bicyclic) bond motifs is 3. The van der Waals surface area contributed by atoms with E-state index in [4.69, 9.17) is 6.57 Å². The number of anilines is 3. The van der Waals surface area contributed by atoms with Crippen LogP contribution in [-0.2, 0) is 0 Å². The van der Waals surface area contributed by atoms with Crippen molar-refractivity contribution in [3.05, 3.63) is 148 Å². The summed E-state index contributed by atoms with van der Waals surface area (Å²) in [5, 5.41) is 14.0. The summed E-state index contributed by atoms with van der Waals surface area (Å²) in [6.07, 6.45) is 5.29. The number of rotatable bonds is 4. The van der Waals surface area contributed by atoms with E-state index in [-0.39, 0.29) is 26.0 Å². The van der Waals surface area contributed by atoms with Crippen molar-refractivity contribution >= 4 is 69.7 Å². The van der Waals surface area contributed by atoms with Gasteiger partial charge in [-0.25, -0.2) is 0 Å². The predicted octanol–water partition coefficient (Wildman–Crippen LogP) is 7.74. The SMILES string of the molecule is [C-]#[N+]/C(C#N)=C1\C(=C/c2ccc(N(c3ccc4ccccc4c3)c3ncccn3)[se]2)C(=O)c2cc3ccccc3cc21. The first kappa shape index (κ1) is 25.4. The number of Topliss-reactive ketones (excluding diaryl/α,β-unsaturated/α-hetero) is 1. The minimum absolute atomic E-state index is 0.0848. The average molecular weight is 605 g/mol. The second-order valence-electron chi connectivity index (χ2n) is 9.67. The molecule has 0 N–H and O–H groups in total. The van der Waals surface area contributed by atoms with Crippen molar-refractivity contribution in [1.29, 1.82) is 5.26 Å². The van der Waals surface area contributed by atoms with Gasteiger partial charge in [0.25, 0.3) is 0 Å². The number of hydrogen-bond acceptors (Lipinski definition) is 5. The first-order valence-corrected chi connectivity index (χ1v) is 14.8. The van der Waals surface area contributed by atoms with Gasteiger partial charge in [-0.2, -0.15) is 0 Å². The number of nitrogens with zero attached hydrogens (tertiary/aromatic N) is 5. The van der Waals surface area contributed by atoms with E-state index in [1.54, 1.807) is 18.5 Å². The summed E-state index contributed by atoms with van der Waals surface area (Å²) >= 11 is -0.215. The quantitative estimate of drug-likeness (QED) is 0.0891. The summed E-state index contributed by atoms with van der Waals surface area (Å²) in [4.78, 5) is 28.4. The Bertz CT molecular complexity index is 2180. The van der Waals surface area contributed by atoms with E-state index in [0.29, 0.717) is 28.2 Å². The number of carbonyl (C=O) groups excluding carboxylic acids is 1. The summed E-state index contributed by atoms with van der Waals surface area (Å²) in [6, 6.07) is 33.9. The molecule has 0 bridgehead atoms. The fourth-order valence-corrected chi connectivity index (χ4v) is 7.35. The van der Waals surface area contributed by atoms with Crippen molar-refractivity contribution < 1.29 is 4.79 Å². The number of hydrogen-bond donors (Lipinski definition) is 0. The van der Waals surface area contributed by atoms with Crippen LogP contribution in [0.25, 0.3) is 38.0 Å². The standard InChI is InChI=1S/C35H19N5OSe/c1-37-31(21-36)33-28-18-24-9-4-5-10-25(24)19-29(28)34(41)30(33)20-27-13-14-32(42-27)40(35-38-15-6-16-39-35)26-12-11-22-7-2-3-8-23(22)17-26/h2-20H/b30-20+,33-31-. The average Bonchev–Trinajstić information content (AvgIpc) is 3.60. The predicted molar refractivity (Wildman–Crippen MR) is 167 cm³/mol. The number of ketones is 1. The van der Waals surface area contributed by atoms with E-state index < -0.39 is 0 Å². The Morgan fingerprint density at radius 2 is 1.50 bits per heavy atom. The molecule has 6 aromatic rings. The molecule has 0 atom stereocenters. The van der Waals surface area contributed by atoms with Crippen molar-refractivity contribution in [1.82, 2.24) is 9.97 Å². The molecule has 0 unspecified atom stereocenters. The van der Waals surface area contributed by atoms with Gasteiger partial charge in [0.2, 0.25) is 0 Å². The topological polar surface area (TPSA) is 74.2 Å². The molecular formula is C35H19N5OSe. The van der Waals surface area contributed by atoms with Gasteiger partial charge in [-0.05, 0) is 0 Å². The van der Waals surface area contributed by atoms with Gasteiger partial charge in [0.1, 0.15) is 0 Å².